The normalized spacial score (nSPS) is 10.5. The summed E-state index contributed by atoms with van der Waals surface area (Å²) in [5.74, 6) is 0.852. The van der Waals surface area contributed by atoms with Crippen LogP contribution in [0.5, 0.6) is 11.5 Å². The van der Waals surface area contributed by atoms with Crippen LogP contribution in [0.15, 0.2) is 36.4 Å². The molecule has 118 valence electrons. The molecule has 0 bridgehead atoms. The summed E-state index contributed by atoms with van der Waals surface area (Å²) >= 11 is 4.09. The second-order valence-electron chi connectivity index (χ2n) is 4.55. The Morgan fingerprint density at radius 2 is 1.14 bits per heavy atom. The number of hydrogen-bond donors (Lipinski definition) is 0. The van der Waals surface area contributed by atoms with E-state index in [1.807, 2.05) is 45.2 Å². The van der Waals surface area contributed by atoms with Gasteiger partial charge in [-0.25, -0.2) is 8.78 Å². The van der Waals surface area contributed by atoms with Crippen molar-refractivity contribution >= 4 is 45.2 Å². The van der Waals surface area contributed by atoms with Gasteiger partial charge >= 0.3 is 0 Å². The van der Waals surface area contributed by atoms with Crippen LogP contribution < -0.4 is 9.47 Å². The van der Waals surface area contributed by atoms with Gasteiger partial charge in [0.1, 0.15) is 23.1 Å². The summed E-state index contributed by atoms with van der Waals surface area (Å²) in [6, 6.07) is 8.92. The molecule has 2 aromatic carbocycles. The van der Waals surface area contributed by atoms with Crippen LogP contribution in [0.1, 0.15) is 12.8 Å². The lowest BCUT2D eigenvalue weighted by Gasteiger charge is -2.10. The van der Waals surface area contributed by atoms with Crippen LogP contribution >= 0.6 is 45.2 Å². The monoisotopic (exact) mass is 530 g/mol. The van der Waals surface area contributed by atoms with Crippen molar-refractivity contribution in [1.82, 2.24) is 0 Å². The van der Waals surface area contributed by atoms with Gasteiger partial charge in [-0.2, -0.15) is 0 Å². The van der Waals surface area contributed by atoms with Crippen LogP contribution in [0, 0.1) is 18.8 Å². The fourth-order valence-electron chi connectivity index (χ4n) is 1.75. The van der Waals surface area contributed by atoms with Gasteiger partial charge in [-0.05, 0) is 94.4 Å². The van der Waals surface area contributed by atoms with E-state index in [-0.39, 0.29) is 11.6 Å². The van der Waals surface area contributed by atoms with Gasteiger partial charge in [0.25, 0.3) is 0 Å². The Balaban J connectivity index is 1.67. The summed E-state index contributed by atoms with van der Waals surface area (Å²) in [6.07, 6.45) is 1.65. The molecule has 0 aliphatic rings. The zero-order chi connectivity index (χ0) is 15.9. The summed E-state index contributed by atoms with van der Waals surface area (Å²) in [6.45, 7) is 1.09. The van der Waals surface area contributed by atoms with Crippen molar-refractivity contribution in [3.05, 3.63) is 55.2 Å². The molecule has 6 heteroatoms. The molecule has 0 N–H and O–H groups in total. The van der Waals surface area contributed by atoms with Gasteiger partial charge in [-0.3, -0.25) is 0 Å². The van der Waals surface area contributed by atoms with Crippen molar-refractivity contribution in [3.8, 4) is 11.5 Å². The molecule has 2 aromatic rings. The lowest BCUT2D eigenvalue weighted by Crippen LogP contribution is -2.04. The number of ether oxygens (including phenoxy) is 2. The third-order valence-electron chi connectivity index (χ3n) is 2.84. The summed E-state index contributed by atoms with van der Waals surface area (Å²) in [5, 5.41) is 0. The molecule has 0 spiro atoms. The topological polar surface area (TPSA) is 18.5 Å². The smallest absolute Gasteiger partial charge is 0.132 e. The van der Waals surface area contributed by atoms with Crippen molar-refractivity contribution in [2.45, 2.75) is 12.8 Å². The van der Waals surface area contributed by atoms with E-state index in [1.165, 1.54) is 24.3 Å². The lowest BCUT2D eigenvalue weighted by molar-refractivity contribution is 0.264. The SMILES string of the molecule is Fc1ccc(OCCCCOc2ccc(F)cc2I)c(I)c1. The summed E-state index contributed by atoms with van der Waals surface area (Å²) in [4.78, 5) is 0. The molecule has 0 saturated heterocycles. The maximum absolute atomic E-state index is 13.0. The second kappa shape index (κ2) is 8.85. The molecule has 2 rings (SSSR count). The standard InChI is InChI=1S/C16H14F2I2O2/c17-11-3-5-15(13(19)9-11)21-7-1-2-8-22-16-6-4-12(18)10-14(16)20/h3-6,9-10H,1-2,7-8H2. The predicted octanol–water partition coefficient (Wildman–Crippen LogP) is 5.41. The zero-order valence-electron chi connectivity index (χ0n) is 11.6. The Kier molecular flexibility index (Phi) is 7.13. The number of rotatable bonds is 7. The highest BCUT2D eigenvalue weighted by Gasteiger charge is 2.04. The molecule has 0 aliphatic carbocycles. The van der Waals surface area contributed by atoms with Crippen molar-refractivity contribution in [2.24, 2.45) is 0 Å². The van der Waals surface area contributed by atoms with Gasteiger partial charge in [0.15, 0.2) is 0 Å². The minimum atomic E-state index is -0.265. The van der Waals surface area contributed by atoms with E-state index in [9.17, 15) is 8.78 Å². The zero-order valence-corrected chi connectivity index (χ0v) is 15.9. The Labute approximate surface area is 155 Å². The first-order valence-corrected chi connectivity index (χ1v) is 8.88. The Morgan fingerprint density at radius 1 is 0.727 bits per heavy atom. The minimum absolute atomic E-state index is 0.265. The van der Waals surface area contributed by atoms with Gasteiger partial charge < -0.3 is 9.47 Å². The second-order valence-corrected chi connectivity index (χ2v) is 6.88. The number of halogens is 4. The average Bonchev–Trinajstić information content (AvgIpc) is 2.46. The third-order valence-corrected chi connectivity index (χ3v) is 4.53. The van der Waals surface area contributed by atoms with E-state index in [2.05, 4.69) is 0 Å². The van der Waals surface area contributed by atoms with E-state index in [0.29, 0.717) is 24.7 Å². The van der Waals surface area contributed by atoms with Crippen molar-refractivity contribution in [2.75, 3.05) is 13.2 Å². The lowest BCUT2D eigenvalue weighted by atomic mass is 10.3. The van der Waals surface area contributed by atoms with Crippen molar-refractivity contribution in [1.29, 1.82) is 0 Å². The van der Waals surface area contributed by atoms with E-state index >= 15 is 0 Å². The van der Waals surface area contributed by atoms with Gasteiger partial charge in [0.2, 0.25) is 0 Å². The number of benzene rings is 2. The molecule has 0 radical (unpaired) electrons. The third kappa shape index (κ3) is 5.53. The first-order chi connectivity index (χ1) is 10.6. The summed E-state index contributed by atoms with van der Waals surface area (Å²) in [7, 11) is 0. The quantitative estimate of drug-likeness (QED) is 0.352. The van der Waals surface area contributed by atoms with Gasteiger partial charge in [-0.1, -0.05) is 0 Å². The minimum Gasteiger partial charge on any atom is -0.492 e. The van der Waals surface area contributed by atoms with Crippen LogP contribution in [0.2, 0.25) is 0 Å². The summed E-state index contributed by atoms with van der Waals surface area (Å²) in [5.41, 5.74) is 0. The Bertz CT molecular complexity index is 580. The summed E-state index contributed by atoms with van der Waals surface area (Å²) < 4.78 is 38.6. The molecule has 0 saturated carbocycles. The molecule has 0 heterocycles. The molecule has 2 nitrogen and oxygen atoms in total. The van der Waals surface area contributed by atoms with Crippen LogP contribution in [0.4, 0.5) is 8.78 Å². The average molecular weight is 530 g/mol. The van der Waals surface area contributed by atoms with Crippen LogP contribution in [0.25, 0.3) is 0 Å². The molecule has 0 unspecified atom stereocenters. The largest absolute Gasteiger partial charge is 0.492 e. The van der Waals surface area contributed by atoms with E-state index in [0.717, 1.165) is 20.0 Å². The number of hydrogen-bond acceptors (Lipinski definition) is 2. The maximum Gasteiger partial charge on any atom is 0.132 e. The fraction of sp³-hybridized carbons (Fsp3) is 0.250. The molecule has 0 aromatic heterocycles. The van der Waals surface area contributed by atoms with Crippen LogP contribution in [0.3, 0.4) is 0 Å². The first kappa shape index (κ1) is 17.7. The molecule has 22 heavy (non-hydrogen) atoms. The molecule has 0 aliphatic heterocycles. The molecular formula is C16H14F2I2O2. The highest BCUT2D eigenvalue weighted by atomic mass is 127. The van der Waals surface area contributed by atoms with Gasteiger partial charge in [0.05, 0.1) is 20.4 Å². The van der Waals surface area contributed by atoms with Crippen molar-refractivity contribution in [3.63, 3.8) is 0 Å². The van der Waals surface area contributed by atoms with Crippen molar-refractivity contribution < 1.29 is 18.3 Å². The maximum atomic E-state index is 13.0. The van der Waals surface area contributed by atoms with Crippen LogP contribution in [-0.4, -0.2) is 13.2 Å². The highest BCUT2D eigenvalue weighted by Crippen LogP contribution is 2.23. The van der Waals surface area contributed by atoms with Gasteiger partial charge in [0, 0.05) is 0 Å². The molecule has 0 amide bonds. The number of unbranched alkanes of at least 4 members (excludes halogenated alkanes) is 1. The predicted molar refractivity (Wildman–Crippen MR) is 98.5 cm³/mol. The van der Waals surface area contributed by atoms with E-state index in [1.54, 1.807) is 12.1 Å². The molecule has 0 atom stereocenters. The Morgan fingerprint density at radius 3 is 1.50 bits per heavy atom. The molecular weight excluding hydrogens is 516 g/mol. The van der Waals surface area contributed by atoms with Gasteiger partial charge in [-0.15, -0.1) is 0 Å². The fourth-order valence-corrected chi connectivity index (χ4v) is 3.02. The highest BCUT2D eigenvalue weighted by molar-refractivity contribution is 14.1. The van der Waals surface area contributed by atoms with Crippen LogP contribution in [-0.2, 0) is 0 Å². The molecule has 0 fully saturated rings. The first-order valence-electron chi connectivity index (χ1n) is 6.72. The Hall–Kier alpha value is -0.640. The van der Waals surface area contributed by atoms with E-state index < -0.39 is 0 Å². The van der Waals surface area contributed by atoms with E-state index in [4.69, 9.17) is 9.47 Å².